The number of benzene rings is 1. The highest BCUT2D eigenvalue weighted by Gasteiger charge is 2.27. The van der Waals surface area contributed by atoms with E-state index in [1.54, 1.807) is 7.05 Å². The molecule has 1 fully saturated rings. The van der Waals surface area contributed by atoms with Crippen molar-refractivity contribution < 1.29 is 19.4 Å². The lowest BCUT2D eigenvalue weighted by atomic mass is 9.95. The van der Waals surface area contributed by atoms with Crippen LogP contribution in [-0.2, 0) is 4.79 Å². The Bertz CT molecular complexity index is 561. The predicted molar refractivity (Wildman–Crippen MR) is 89.5 cm³/mol. The monoisotopic (exact) mass is 342 g/mol. The molecule has 3 N–H and O–H groups in total. The second kappa shape index (κ2) is 7.38. The summed E-state index contributed by atoms with van der Waals surface area (Å²) in [7, 11) is 1.69. The third-order valence-electron chi connectivity index (χ3n) is 4.30. The number of halogens is 1. The van der Waals surface area contributed by atoms with Crippen molar-refractivity contribution >= 4 is 24.0 Å². The Morgan fingerprint density at radius 2 is 2.00 bits per heavy atom. The van der Waals surface area contributed by atoms with E-state index in [4.69, 9.17) is 15.2 Å². The SMILES string of the molecule is CN1C(=O)C(N)COc2ccc(OC3CCC(O)CC3)cc21.Cl. The topological polar surface area (TPSA) is 85.0 Å². The molecule has 0 aromatic heterocycles. The number of carbonyl (C=O) groups is 1. The van der Waals surface area contributed by atoms with Crippen LogP contribution in [0.4, 0.5) is 5.69 Å². The molecule has 2 aliphatic rings. The Labute approximate surface area is 142 Å². The highest BCUT2D eigenvalue weighted by molar-refractivity contribution is 5.98. The molecule has 1 amide bonds. The molecule has 0 radical (unpaired) electrons. The summed E-state index contributed by atoms with van der Waals surface area (Å²) in [5, 5.41) is 9.54. The van der Waals surface area contributed by atoms with E-state index in [1.807, 2.05) is 18.2 Å². The molecule has 1 aromatic rings. The van der Waals surface area contributed by atoms with Crippen LogP contribution in [0.15, 0.2) is 18.2 Å². The number of ether oxygens (including phenoxy) is 2. The van der Waals surface area contributed by atoms with E-state index < -0.39 is 6.04 Å². The number of carbonyl (C=O) groups excluding carboxylic acids is 1. The Balaban J connectivity index is 0.00000192. The number of aliphatic hydroxyl groups is 1. The van der Waals surface area contributed by atoms with Gasteiger partial charge in [0.1, 0.15) is 24.1 Å². The van der Waals surface area contributed by atoms with Crippen LogP contribution in [0.1, 0.15) is 25.7 Å². The van der Waals surface area contributed by atoms with Gasteiger partial charge in [0.25, 0.3) is 0 Å². The Morgan fingerprint density at radius 3 is 2.70 bits per heavy atom. The minimum absolute atomic E-state index is 0. The molecule has 1 aliphatic carbocycles. The van der Waals surface area contributed by atoms with Crippen LogP contribution >= 0.6 is 12.4 Å². The largest absolute Gasteiger partial charge is 0.490 e. The zero-order valence-corrected chi connectivity index (χ0v) is 13.9. The standard InChI is InChI=1S/C16H22N2O4.ClH/c1-18-14-8-12(22-11-4-2-10(19)3-5-11)6-7-15(14)21-9-13(17)16(18)20;/h6-8,10-11,13,19H,2-5,9,17H2,1H3;1H. The summed E-state index contributed by atoms with van der Waals surface area (Å²) in [4.78, 5) is 13.6. The van der Waals surface area contributed by atoms with E-state index in [2.05, 4.69) is 0 Å². The lowest BCUT2D eigenvalue weighted by Gasteiger charge is -2.27. The van der Waals surface area contributed by atoms with Crippen LogP contribution < -0.4 is 20.1 Å². The summed E-state index contributed by atoms with van der Waals surface area (Å²) in [6.07, 6.45) is 3.13. The average molecular weight is 343 g/mol. The van der Waals surface area contributed by atoms with Crippen LogP contribution in [0.25, 0.3) is 0 Å². The third-order valence-corrected chi connectivity index (χ3v) is 4.30. The zero-order valence-electron chi connectivity index (χ0n) is 13.1. The first-order valence-corrected chi connectivity index (χ1v) is 7.69. The maximum Gasteiger partial charge on any atom is 0.247 e. The molecule has 7 heteroatoms. The van der Waals surface area contributed by atoms with Gasteiger partial charge in [0.05, 0.1) is 17.9 Å². The van der Waals surface area contributed by atoms with Gasteiger partial charge in [-0.15, -0.1) is 12.4 Å². The maximum atomic E-state index is 12.1. The van der Waals surface area contributed by atoms with E-state index in [-0.39, 0.29) is 37.1 Å². The number of rotatable bonds is 2. The number of likely N-dealkylation sites (N-methyl/N-ethyl adjacent to an activating group) is 1. The van der Waals surface area contributed by atoms with Gasteiger partial charge in [0.15, 0.2) is 0 Å². The Morgan fingerprint density at radius 1 is 1.30 bits per heavy atom. The van der Waals surface area contributed by atoms with Crippen molar-refractivity contribution in [1.82, 2.24) is 0 Å². The summed E-state index contributed by atoms with van der Waals surface area (Å²) >= 11 is 0. The van der Waals surface area contributed by atoms with Crippen molar-refractivity contribution in [3.63, 3.8) is 0 Å². The molecule has 128 valence electrons. The molecule has 6 nitrogen and oxygen atoms in total. The van der Waals surface area contributed by atoms with Crippen LogP contribution in [-0.4, -0.2) is 42.9 Å². The van der Waals surface area contributed by atoms with Gasteiger partial charge in [-0.2, -0.15) is 0 Å². The van der Waals surface area contributed by atoms with Gasteiger partial charge in [-0.1, -0.05) is 0 Å². The Hall–Kier alpha value is -1.50. The van der Waals surface area contributed by atoms with Crippen LogP contribution in [0.3, 0.4) is 0 Å². The van der Waals surface area contributed by atoms with Gasteiger partial charge in [-0.25, -0.2) is 0 Å². The maximum absolute atomic E-state index is 12.1. The minimum atomic E-state index is -0.651. The van der Waals surface area contributed by atoms with Crippen LogP contribution in [0.5, 0.6) is 11.5 Å². The van der Waals surface area contributed by atoms with E-state index in [0.29, 0.717) is 17.2 Å². The van der Waals surface area contributed by atoms with E-state index in [9.17, 15) is 9.90 Å². The number of anilines is 1. The number of hydrogen-bond acceptors (Lipinski definition) is 5. The van der Waals surface area contributed by atoms with Crippen LogP contribution in [0.2, 0.25) is 0 Å². The molecule has 0 saturated heterocycles. The second-order valence-corrected chi connectivity index (χ2v) is 5.99. The number of nitrogens with two attached hydrogens (primary N) is 1. The zero-order chi connectivity index (χ0) is 15.7. The van der Waals surface area contributed by atoms with Crippen molar-refractivity contribution in [2.75, 3.05) is 18.6 Å². The molecule has 3 rings (SSSR count). The predicted octanol–water partition coefficient (Wildman–Crippen LogP) is 1.47. The molecule has 1 atom stereocenters. The number of fused-ring (bicyclic) bond motifs is 1. The summed E-state index contributed by atoms with van der Waals surface area (Å²) in [5.41, 5.74) is 6.45. The summed E-state index contributed by atoms with van der Waals surface area (Å²) in [5.74, 6) is 1.17. The molecule has 0 bridgehead atoms. The van der Waals surface area contributed by atoms with Gasteiger partial charge in [-0.3, -0.25) is 4.79 Å². The van der Waals surface area contributed by atoms with Crippen molar-refractivity contribution in [3.05, 3.63) is 18.2 Å². The first-order valence-electron chi connectivity index (χ1n) is 7.69. The van der Waals surface area contributed by atoms with Gasteiger partial charge in [0.2, 0.25) is 5.91 Å². The van der Waals surface area contributed by atoms with E-state index in [1.165, 1.54) is 4.90 Å². The number of amides is 1. The quantitative estimate of drug-likeness (QED) is 0.850. The first kappa shape index (κ1) is 17.8. The van der Waals surface area contributed by atoms with Gasteiger partial charge < -0.3 is 25.2 Å². The lowest BCUT2D eigenvalue weighted by molar-refractivity contribution is -0.119. The lowest BCUT2D eigenvalue weighted by Crippen LogP contribution is -2.43. The van der Waals surface area contributed by atoms with Crippen molar-refractivity contribution in [3.8, 4) is 11.5 Å². The molecule has 1 aromatic carbocycles. The molecule has 0 spiro atoms. The van der Waals surface area contributed by atoms with Gasteiger partial charge in [-0.05, 0) is 37.8 Å². The molecule has 1 unspecified atom stereocenters. The molecular formula is C16H23ClN2O4. The highest BCUT2D eigenvalue weighted by atomic mass is 35.5. The minimum Gasteiger partial charge on any atom is -0.490 e. The Kier molecular flexibility index (Phi) is 5.73. The number of nitrogens with zero attached hydrogens (tertiary/aromatic N) is 1. The van der Waals surface area contributed by atoms with Crippen molar-refractivity contribution in [2.24, 2.45) is 5.73 Å². The molecule has 1 aliphatic heterocycles. The van der Waals surface area contributed by atoms with E-state index in [0.717, 1.165) is 25.7 Å². The average Bonchev–Trinajstić information content (AvgIpc) is 2.63. The van der Waals surface area contributed by atoms with Crippen LogP contribution in [0, 0.1) is 0 Å². The number of aliphatic hydroxyl groups excluding tert-OH is 1. The van der Waals surface area contributed by atoms with E-state index >= 15 is 0 Å². The smallest absolute Gasteiger partial charge is 0.247 e. The highest BCUT2D eigenvalue weighted by Crippen LogP contribution is 2.35. The summed E-state index contributed by atoms with van der Waals surface area (Å²) in [6, 6.07) is 4.82. The molecular weight excluding hydrogens is 320 g/mol. The fourth-order valence-electron chi connectivity index (χ4n) is 2.93. The summed E-state index contributed by atoms with van der Waals surface area (Å²) in [6.45, 7) is 0.177. The fraction of sp³-hybridized carbons (Fsp3) is 0.562. The van der Waals surface area contributed by atoms with Gasteiger partial charge >= 0.3 is 0 Å². The molecule has 23 heavy (non-hydrogen) atoms. The molecule has 1 heterocycles. The molecule has 1 saturated carbocycles. The number of hydrogen-bond donors (Lipinski definition) is 2. The second-order valence-electron chi connectivity index (χ2n) is 5.99. The first-order chi connectivity index (χ1) is 10.5. The normalized spacial score (nSPS) is 27.3. The fourth-order valence-corrected chi connectivity index (χ4v) is 2.93. The summed E-state index contributed by atoms with van der Waals surface area (Å²) < 4.78 is 11.6. The van der Waals surface area contributed by atoms with Crippen molar-refractivity contribution in [1.29, 1.82) is 0 Å². The van der Waals surface area contributed by atoms with Crippen molar-refractivity contribution in [2.45, 2.75) is 43.9 Å². The third kappa shape index (κ3) is 3.88. The van der Waals surface area contributed by atoms with Gasteiger partial charge in [0, 0.05) is 13.1 Å².